The molecule has 100 valence electrons. The van der Waals surface area contributed by atoms with Crippen molar-refractivity contribution in [2.45, 2.75) is 13.8 Å². The second kappa shape index (κ2) is 5.35. The highest BCUT2D eigenvalue weighted by atomic mass is 35.5. The summed E-state index contributed by atoms with van der Waals surface area (Å²) in [7, 11) is 0. The van der Waals surface area contributed by atoms with Crippen molar-refractivity contribution in [2.24, 2.45) is 0 Å². The molecule has 5 heteroatoms. The van der Waals surface area contributed by atoms with Crippen LogP contribution in [0, 0.1) is 19.7 Å². The largest absolute Gasteiger partial charge is 0.316 e. The van der Waals surface area contributed by atoms with E-state index in [1.807, 2.05) is 18.4 Å². The van der Waals surface area contributed by atoms with E-state index < -0.39 is 5.82 Å². The van der Waals surface area contributed by atoms with Crippen LogP contribution < -0.4 is 0 Å². The molecule has 19 heavy (non-hydrogen) atoms. The topological polar surface area (TPSA) is 22.0 Å². The summed E-state index contributed by atoms with van der Waals surface area (Å²) in [5, 5.41) is 0.298. The van der Waals surface area contributed by atoms with Crippen molar-refractivity contribution in [1.82, 2.24) is 4.57 Å². The predicted molar refractivity (Wildman–Crippen MR) is 75.3 cm³/mol. The monoisotopic (exact) mass is 299 g/mol. The molecule has 0 aliphatic rings. The van der Waals surface area contributed by atoms with Crippen LogP contribution in [0.1, 0.15) is 21.7 Å². The molecule has 2 nitrogen and oxygen atoms in total. The molecule has 2 aromatic rings. The molecule has 1 aromatic carbocycles. The van der Waals surface area contributed by atoms with Gasteiger partial charge in [-0.15, -0.1) is 11.6 Å². The van der Waals surface area contributed by atoms with Gasteiger partial charge in [-0.05, 0) is 38.1 Å². The molecule has 2 rings (SSSR count). The Bertz CT molecular complexity index is 649. The van der Waals surface area contributed by atoms with Crippen LogP contribution in [0.25, 0.3) is 5.69 Å². The summed E-state index contributed by atoms with van der Waals surface area (Å²) in [5.74, 6) is -0.603. The number of halogens is 3. The van der Waals surface area contributed by atoms with Gasteiger partial charge in [0.1, 0.15) is 5.82 Å². The van der Waals surface area contributed by atoms with Gasteiger partial charge in [-0.2, -0.15) is 0 Å². The summed E-state index contributed by atoms with van der Waals surface area (Å²) < 4.78 is 14.9. The lowest BCUT2D eigenvalue weighted by atomic mass is 10.2. The van der Waals surface area contributed by atoms with Crippen molar-refractivity contribution < 1.29 is 9.18 Å². The highest BCUT2D eigenvalue weighted by Crippen LogP contribution is 2.27. The Balaban J connectivity index is 2.63. The predicted octanol–water partition coefficient (Wildman–Crippen LogP) is 4.31. The first-order valence-corrected chi connectivity index (χ1v) is 6.60. The number of carbonyl (C=O) groups excluding carboxylic acids is 1. The molecule has 0 saturated heterocycles. The third-order valence-electron chi connectivity index (χ3n) is 3.00. The van der Waals surface area contributed by atoms with E-state index in [1.54, 1.807) is 12.1 Å². The number of hydrogen-bond acceptors (Lipinski definition) is 1. The molecule has 0 N–H and O–H groups in total. The van der Waals surface area contributed by atoms with Gasteiger partial charge < -0.3 is 4.57 Å². The minimum Gasteiger partial charge on any atom is -0.316 e. The molecular weight excluding hydrogens is 288 g/mol. The van der Waals surface area contributed by atoms with Gasteiger partial charge in [0.05, 0.1) is 16.6 Å². The van der Waals surface area contributed by atoms with Gasteiger partial charge in [-0.25, -0.2) is 4.39 Å². The summed E-state index contributed by atoms with van der Waals surface area (Å²) in [6.45, 7) is 3.67. The van der Waals surface area contributed by atoms with E-state index in [4.69, 9.17) is 23.2 Å². The quantitative estimate of drug-likeness (QED) is 0.611. The molecule has 1 heterocycles. The molecule has 0 spiro atoms. The number of Topliss-reactive ketones (excluding diaryl/α,β-unsaturated/α-hetero) is 1. The van der Waals surface area contributed by atoms with Crippen LogP contribution in [0.2, 0.25) is 5.02 Å². The Morgan fingerprint density at radius 1 is 1.32 bits per heavy atom. The van der Waals surface area contributed by atoms with E-state index in [1.165, 1.54) is 12.1 Å². The second-order valence-electron chi connectivity index (χ2n) is 4.27. The van der Waals surface area contributed by atoms with E-state index in [9.17, 15) is 9.18 Å². The first-order chi connectivity index (χ1) is 8.95. The molecule has 0 fully saturated rings. The number of aromatic nitrogens is 1. The van der Waals surface area contributed by atoms with Crippen LogP contribution in [0.5, 0.6) is 0 Å². The summed E-state index contributed by atoms with van der Waals surface area (Å²) in [5.41, 5.74) is 2.80. The first kappa shape index (κ1) is 14.1. The van der Waals surface area contributed by atoms with E-state index in [2.05, 4.69) is 0 Å². The minimum atomic E-state index is -0.395. The fourth-order valence-corrected chi connectivity index (χ4v) is 2.55. The van der Waals surface area contributed by atoms with Crippen LogP contribution in [0.4, 0.5) is 4.39 Å². The normalized spacial score (nSPS) is 10.8. The van der Waals surface area contributed by atoms with Gasteiger partial charge in [0.2, 0.25) is 0 Å². The molecule has 0 aliphatic carbocycles. The van der Waals surface area contributed by atoms with Crippen molar-refractivity contribution in [1.29, 1.82) is 0 Å². The van der Waals surface area contributed by atoms with E-state index in [0.29, 0.717) is 16.3 Å². The van der Waals surface area contributed by atoms with Gasteiger partial charge >= 0.3 is 0 Å². The third-order valence-corrected chi connectivity index (χ3v) is 3.55. The van der Waals surface area contributed by atoms with Gasteiger partial charge in [0.15, 0.2) is 5.78 Å². The highest BCUT2D eigenvalue weighted by molar-refractivity contribution is 6.32. The van der Waals surface area contributed by atoms with Crippen molar-refractivity contribution in [3.05, 3.63) is 52.1 Å². The SMILES string of the molecule is Cc1cc(C(=O)CCl)c(C)n1-c1ccc(F)cc1Cl. The number of aryl methyl sites for hydroxylation is 1. The number of carbonyl (C=O) groups is 1. The average Bonchev–Trinajstić information content (AvgIpc) is 2.65. The number of rotatable bonds is 3. The van der Waals surface area contributed by atoms with Crippen molar-refractivity contribution in [3.63, 3.8) is 0 Å². The molecule has 0 radical (unpaired) electrons. The van der Waals surface area contributed by atoms with E-state index in [-0.39, 0.29) is 11.7 Å². The molecule has 0 saturated carbocycles. The fraction of sp³-hybridized carbons (Fsp3) is 0.214. The maximum absolute atomic E-state index is 13.1. The Morgan fingerprint density at radius 3 is 2.58 bits per heavy atom. The lowest BCUT2D eigenvalue weighted by Crippen LogP contribution is -2.04. The lowest BCUT2D eigenvalue weighted by Gasteiger charge is -2.11. The molecule has 0 amide bonds. The standard InChI is InChI=1S/C14H12Cl2FNO/c1-8-5-11(14(19)7-15)9(2)18(8)13-4-3-10(17)6-12(13)16/h3-6H,7H2,1-2H3. The molecule has 0 bridgehead atoms. The molecular formula is C14H12Cl2FNO. The van der Waals surface area contributed by atoms with Crippen molar-refractivity contribution >= 4 is 29.0 Å². The molecule has 1 aromatic heterocycles. The number of hydrogen-bond donors (Lipinski definition) is 0. The maximum Gasteiger partial charge on any atom is 0.179 e. The van der Waals surface area contributed by atoms with Crippen molar-refractivity contribution in [3.8, 4) is 5.69 Å². The Labute approximate surface area is 120 Å². The van der Waals surface area contributed by atoms with E-state index in [0.717, 1.165) is 11.4 Å². The Hall–Kier alpha value is -1.32. The summed E-state index contributed by atoms with van der Waals surface area (Å²) in [6.07, 6.45) is 0. The van der Waals surface area contributed by atoms with Gasteiger partial charge in [-0.1, -0.05) is 11.6 Å². The summed E-state index contributed by atoms with van der Waals surface area (Å²) >= 11 is 11.6. The summed E-state index contributed by atoms with van der Waals surface area (Å²) in [6, 6.07) is 5.94. The van der Waals surface area contributed by atoms with Crippen molar-refractivity contribution in [2.75, 3.05) is 5.88 Å². The molecule has 0 atom stereocenters. The number of nitrogens with zero attached hydrogens (tertiary/aromatic N) is 1. The zero-order valence-electron chi connectivity index (χ0n) is 10.5. The fourth-order valence-electron chi connectivity index (χ4n) is 2.15. The van der Waals surface area contributed by atoms with Gasteiger partial charge in [0.25, 0.3) is 0 Å². The Morgan fingerprint density at radius 2 is 2.00 bits per heavy atom. The molecule has 0 unspecified atom stereocenters. The first-order valence-electron chi connectivity index (χ1n) is 5.69. The zero-order valence-corrected chi connectivity index (χ0v) is 12.0. The Kier molecular flexibility index (Phi) is 3.97. The number of alkyl halides is 1. The van der Waals surface area contributed by atoms with Gasteiger partial charge in [0, 0.05) is 17.0 Å². The van der Waals surface area contributed by atoms with Crippen LogP contribution in [-0.2, 0) is 0 Å². The highest BCUT2D eigenvalue weighted by Gasteiger charge is 2.17. The lowest BCUT2D eigenvalue weighted by molar-refractivity contribution is 0.102. The smallest absolute Gasteiger partial charge is 0.179 e. The number of benzene rings is 1. The number of ketones is 1. The maximum atomic E-state index is 13.1. The third kappa shape index (κ3) is 2.53. The van der Waals surface area contributed by atoms with Crippen LogP contribution >= 0.6 is 23.2 Å². The average molecular weight is 300 g/mol. The van der Waals surface area contributed by atoms with E-state index >= 15 is 0 Å². The minimum absolute atomic E-state index is 0.0680. The van der Waals surface area contributed by atoms with Crippen LogP contribution in [-0.4, -0.2) is 16.2 Å². The zero-order chi connectivity index (χ0) is 14.2. The second-order valence-corrected chi connectivity index (χ2v) is 4.95. The van der Waals surface area contributed by atoms with Crippen LogP contribution in [0.15, 0.2) is 24.3 Å². The van der Waals surface area contributed by atoms with Crippen LogP contribution in [0.3, 0.4) is 0 Å². The van der Waals surface area contributed by atoms with Gasteiger partial charge in [-0.3, -0.25) is 4.79 Å². The molecule has 0 aliphatic heterocycles. The summed E-state index contributed by atoms with van der Waals surface area (Å²) in [4.78, 5) is 11.7.